The Morgan fingerprint density at radius 3 is 2.19 bits per heavy atom. The Bertz CT molecular complexity index is 763. The highest BCUT2D eigenvalue weighted by Crippen LogP contribution is 2.22. The molecule has 0 aliphatic rings. The molecule has 0 aliphatic carbocycles. The van der Waals surface area contributed by atoms with Crippen molar-refractivity contribution in [2.45, 2.75) is 19.9 Å². The lowest BCUT2D eigenvalue weighted by Crippen LogP contribution is -2.47. The SMILES string of the molecule is COc1cc(OC)cc(C(=O)NC(C(=O)Nc2ccn(C)n2)C(C)C)c1. The molecule has 1 atom stereocenters. The Labute approximate surface area is 152 Å². The predicted octanol–water partition coefficient (Wildman–Crippen LogP) is 1.83. The minimum atomic E-state index is -0.721. The lowest BCUT2D eigenvalue weighted by molar-refractivity contribution is -0.118. The lowest BCUT2D eigenvalue weighted by atomic mass is 10.0. The van der Waals surface area contributed by atoms with Crippen LogP contribution in [-0.2, 0) is 11.8 Å². The van der Waals surface area contributed by atoms with Gasteiger partial charge in [0.2, 0.25) is 5.91 Å². The van der Waals surface area contributed by atoms with Gasteiger partial charge in [-0.3, -0.25) is 14.3 Å². The summed E-state index contributed by atoms with van der Waals surface area (Å²) in [5, 5.41) is 9.59. The standard InChI is InChI=1S/C18H24N4O4/c1-11(2)16(18(24)19-15-6-7-22(3)21-15)20-17(23)12-8-13(25-4)10-14(9-12)26-5/h6-11,16H,1-5H3,(H,20,23)(H,19,21,24). The summed E-state index contributed by atoms with van der Waals surface area (Å²) in [7, 11) is 4.77. The maximum atomic E-state index is 12.6. The third-order valence-corrected chi connectivity index (χ3v) is 3.81. The van der Waals surface area contributed by atoms with E-state index >= 15 is 0 Å². The number of rotatable bonds is 7. The molecule has 8 heteroatoms. The summed E-state index contributed by atoms with van der Waals surface area (Å²) in [6, 6.07) is 5.81. The van der Waals surface area contributed by atoms with Crippen LogP contribution in [0, 0.1) is 5.92 Å². The predicted molar refractivity (Wildman–Crippen MR) is 97.5 cm³/mol. The molecule has 2 N–H and O–H groups in total. The first-order valence-corrected chi connectivity index (χ1v) is 8.18. The van der Waals surface area contributed by atoms with Crippen molar-refractivity contribution in [3.05, 3.63) is 36.0 Å². The summed E-state index contributed by atoms with van der Waals surface area (Å²) in [4.78, 5) is 25.2. The Balaban J connectivity index is 2.16. The van der Waals surface area contributed by atoms with Crippen LogP contribution >= 0.6 is 0 Å². The number of nitrogens with zero attached hydrogens (tertiary/aromatic N) is 2. The molecule has 1 aromatic heterocycles. The highest BCUT2D eigenvalue weighted by Gasteiger charge is 2.25. The number of hydrogen-bond donors (Lipinski definition) is 2. The number of anilines is 1. The topological polar surface area (TPSA) is 94.5 Å². The van der Waals surface area contributed by atoms with E-state index < -0.39 is 11.9 Å². The van der Waals surface area contributed by atoms with E-state index in [1.54, 1.807) is 42.2 Å². The largest absolute Gasteiger partial charge is 0.497 e. The average molecular weight is 360 g/mol. The monoisotopic (exact) mass is 360 g/mol. The molecule has 1 heterocycles. The highest BCUT2D eigenvalue weighted by atomic mass is 16.5. The summed E-state index contributed by atoms with van der Waals surface area (Å²) in [5.74, 6) is 0.580. The van der Waals surface area contributed by atoms with Gasteiger partial charge >= 0.3 is 0 Å². The van der Waals surface area contributed by atoms with Gasteiger partial charge in [0.15, 0.2) is 5.82 Å². The van der Waals surface area contributed by atoms with Crippen LogP contribution in [-0.4, -0.2) is 41.9 Å². The first-order chi connectivity index (χ1) is 12.3. The third-order valence-electron chi connectivity index (χ3n) is 3.81. The fourth-order valence-corrected chi connectivity index (χ4v) is 2.38. The number of methoxy groups -OCH3 is 2. The van der Waals surface area contributed by atoms with Crippen molar-refractivity contribution in [3.63, 3.8) is 0 Å². The third kappa shape index (κ3) is 4.75. The van der Waals surface area contributed by atoms with Gasteiger partial charge in [-0.2, -0.15) is 5.10 Å². The molecule has 1 aromatic carbocycles. The van der Waals surface area contributed by atoms with Crippen molar-refractivity contribution < 1.29 is 19.1 Å². The maximum Gasteiger partial charge on any atom is 0.252 e. The molecule has 0 aliphatic heterocycles. The minimum absolute atomic E-state index is 0.116. The Morgan fingerprint density at radius 2 is 1.73 bits per heavy atom. The van der Waals surface area contributed by atoms with Gasteiger partial charge in [0.25, 0.3) is 5.91 Å². The fraction of sp³-hybridized carbons (Fsp3) is 0.389. The zero-order valence-electron chi connectivity index (χ0n) is 15.6. The molecular formula is C18H24N4O4. The molecule has 2 aromatic rings. The van der Waals surface area contributed by atoms with E-state index in [9.17, 15) is 9.59 Å². The van der Waals surface area contributed by atoms with E-state index in [1.807, 2.05) is 13.8 Å². The molecule has 2 rings (SSSR count). The summed E-state index contributed by atoms with van der Waals surface area (Å²) in [6.45, 7) is 3.71. The van der Waals surface area contributed by atoms with Gasteiger partial charge in [0.1, 0.15) is 17.5 Å². The van der Waals surface area contributed by atoms with Gasteiger partial charge < -0.3 is 20.1 Å². The van der Waals surface area contributed by atoms with Crippen LogP contribution in [0.2, 0.25) is 0 Å². The van der Waals surface area contributed by atoms with Crippen molar-refractivity contribution in [1.29, 1.82) is 0 Å². The normalized spacial score (nSPS) is 11.8. The first kappa shape index (κ1) is 19.3. The van der Waals surface area contributed by atoms with Crippen LogP contribution in [0.25, 0.3) is 0 Å². The summed E-state index contributed by atoms with van der Waals surface area (Å²) < 4.78 is 11.9. The Kier molecular flexibility index (Phi) is 6.21. The average Bonchev–Trinajstić information content (AvgIpc) is 3.03. The van der Waals surface area contributed by atoms with Gasteiger partial charge in [-0.15, -0.1) is 0 Å². The number of nitrogens with one attached hydrogen (secondary N) is 2. The molecule has 0 radical (unpaired) electrons. The summed E-state index contributed by atoms with van der Waals surface area (Å²) >= 11 is 0. The van der Waals surface area contributed by atoms with Crippen LogP contribution in [0.3, 0.4) is 0 Å². The number of benzene rings is 1. The molecule has 0 saturated carbocycles. The van der Waals surface area contributed by atoms with Crippen molar-refractivity contribution >= 4 is 17.6 Å². The van der Waals surface area contributed by atoms with E-state index in [2.05, 4.69) is 15.7 Å². The van der Waals surface area contributed by atoms with Gasteiger partial charge in [-0.05, 0) is 18.1 Å². The first-order valence-electron chi connectivity index (χ1n) is 8.18. The molecule has 1 unspecified atom stereocenters. The number of hydrogen-bond acceptors (Lipinski definition) is 5. The smallest absolute Gasteiger partial charge is 0.252 e. The maximum absolute atomic E-state index is 12.6. The molecule has 140 valence electrons. The number of aryl methyl sites for hydroxylation is 1. The number of ether oxygens (including phenoxy) is 2. The molecule has 8 nitrogen and oxygen atoms in total. The molecule has 0 bridgehead atoms. The molecule has 0 fully saturated rings. The Morgan fingerprint density at radius 1 is 1.12 bits per heavy atom. The molecule has 2 amide bonds. The number of carbonyl (C=O) groups is 2. The van der Waals surface area contributed by atoms with Crippen molar-refractivity contribution in [2.75, 3.05) is 19.5 Å². The zero-order chi connectivity index (χ0) is 19.3. The number of carbonyl (C=O) groups excluding carboxylic acids is 2. The second-order valence-corrected chi connectivity index (χ2v) is 6.16. The molecular weight excluding hydrogens is 336 g/mol. The molecule has 26 heavy (non-hydrogen) atoms. The second-order valence-electron chi connectivity index (χ2n) is 6.16. The van der Waals surface area contributed by atoms with Crippen LogP contribution in [0.4, 0.5) is 5.82 Å². The van der Waals surface area contributed by atoms with E-state index in [0.717, 1.165) is 0 Å². The molecule has 0 saturated heterocycles. The van der Waals surface area contributed by atoms with Gasteiger partial charge in [0.05, 0.1) is 14.2 Å². The summed E-state index contributed by atoms with van der Waals surface area (Å²) in [6.07, 6.45) is 1.72. The zero-order valence-corrected chi connectivity index (χ0v) is 15.6. The van der Waals surface area contributed by atoms with Crippen LogP contribution in [0.5, 0.6) is 11.5 Å². The van der Waals surface area contributed by atoms with Gasteiger partial charge in [-0.25, -0.2) is 0 Å². The fourth-order valence-electron chi connectivity index (χ4n) is 2.38. The molecule has 0 spiro atoms. The van der Waals surface area contributed by atoms with E-state index in [1.165, 1.54) is 14.2 Å². The lowest BCUT2D eigenvalue weighted by Gasteiger charge is -2.21. The van der Waals surface area contributed by atoms with Crippen molar-refractivity contribution in [1.82, 2.24) is 15.1 Å². The minimum Gasteiger partial charge on any atom is -0.497 e. The van der Waals surface area contributed by atoms with Crippen LogP contribution in [0.1, 0.15) is 24.2 Å². The van der Waals surface area contributed by atoms with Crippen molar-refractivity contribution in [2.24, 2.45) is 13.0 Å². The van der Waals surface area contributed by atoms with Crippen LogP contribution in [0.15, 0.2) is 30.5 Å². The van der Waals surface area contributed by atoms with Crippen LogP contribution < -0.4 is 20.1 Å². The van der Waals surface area contributed by atoms with Gasteiger partial charge in [0, 0.05) is 30.9 Å². The quantitative estimate of drug-likeness (QED) is 0.786. The number of aromatic nitrogens is 2. The van der Waals surface area contributed by atoms with E-state index in [-0.39, 0.29) is 11.8 Å². The Hall–Kier alpha value is -3.03. The number of amides is 2. The van der Waals surface area contributed by atoms with E-state index in [0.29, 0.717) is 22.9 Å². The summed E-state index contributed by atoms with van der Waals surface area (Å²) in [5.41, 5.74) is 0.345. The highest BCUT2D eigenvalue weighted by molar-refractivity contribution is 6.01. The van der Waals surface area contributed by atoms with E-state index in [4.69, 9.17) is 9.47 Å². The van der Waals surface area contributed by atoms with Gasteiger partial charge in [-0.1, -0.05) is 13.8 Å². The second kappa shape index (κ2) is 8.37. The van der Waals surface area contributed by atoms with Crippen molar-refractivity contribution in [3.8, 4) is 11.5 Å².